The molecule has 0 radical (unpaired) electrons. The largest absolute Gasteiger partial charge is 0.329 e. The SMILES string of the molecule is CCC1CN(C)CCCN1C(CN)c1cc(C)ccc1F. The van der Waals surface area contributed by atoms with Gasteiger partial charge in [-0.3, -0.25) is 4.90 Å². The third kappa shape index (κ3) is 3.82. The quantitative estimate of drug-likeness (QED) is 0.926. The van der Waals surface area contributed by atoms with Gasteiger partial charge in [0.1, 0.15) is 5.82 Å². The van der Waals surface area contributed by atoms with Crippen molar-refractivity contribution in [2.75, 3.05) is 33.2 Å². The molecule has 1 aromatic rings. The zero-order valence-corrected chi connectivity index (χ0v) is 13.5. The van der Waals surface area contributed by atoms with Crippen LogP contribution in [0.2, 0.25) is 0 Å². The highest BCUT2D eigenvalue weighted by Crippen LogP contribution is 2.28. The number of likely N-dealkylation sites (N-methyl/N-ethyl adjacent to an activating group) is 1. The van der Waals surface area contributed by atoms with E-state index < -0.39 is 0 Å². The normalized spacial score (nSPS) is 23.0. The summed E-state index contributed by atoms with van der Waals surface area (Å²) in [4.78, 5) is 4.79. The van der Waals surface area contributed by atoms with Crippen LogP contribution in [0, 0.1) is 12.7 Å². The summed E-state index contributed by atoms with van der Waals surface area (Å²) in [5.41, 5.74) is 7.87. The standard InChI is InChI=1S/C17H28FN3/c1-4-14-12-20(3)8-5-9-21(14)17(11-19)15-10-13(2)6-7-16(15)18/h6-7,10,14,17H,4-5,8-9,11-12,19H2,1-3H3. The van der Waals surface area contributed by atoms with Crippen LogP contribution < -0.4 is 5.73 Å². The fourth-order valence-electron chi connectivity index (χ4n) is 3.40. The minimum atomic E-state index is -0.136. The van der Waals surface area contributed by atoms with Gasteiger partial charge in [0.15, 0.2) is 0 Å². The van der Waals surface area contributed by atoms with E-state index in [1.807, 2.05) is 19.1 Å². The van der Waals surface area contributed by atoms with Gasteiger partial charge in [-0.2, -0.15) is 0 Å². The topological polar surface area (TPSA) is 32.5 Å². The summed E-state index contributed by atoms with van der Waals surface area (Å²) in [6.07, 6.45) is 2.17. The smallest absolute Gasteiger partial charge is 0.128 e. The van der Waals surface area contributed by atoms with Crippen LogP contribution in [0.25, 0.3) is 0 Å². The summed E-state index contributed by atoms with van der Waals surface area (Å²) in [7, 11) is 2.16. The molecule has 0 saturated carbocycles. The molecule has 3 nitrogen and oxygen atoms in total. The second kappa shape index (κ2) is 7.34. The van der Waals surface area contributed by atoms with Crippen LogP contribution in [0.5, 0.6) is 0 Å². The number of nitrogens with two attached hydrogens (primary N) is 1. The zero-order chi connectivity index (χ0) is 15.4. The van der Waals surface area contributed by atoms with Crippen LogP contribution in [0.4, 0.5) is 4.39 Å². The molecule has 2 rings (SSSR count). The number of aryl methyl sites for hydroxylation is 1. The molecule has 118 valence electrons. The highest BCUT2D eigenvalue weighted by atomic mass is 19.1. The van der Waals surface area contributed by atoms with Crippen molar-refractivity contribution in [2.24, 2.45) is 5.73 Å². The maximum Gasteiger partial charge on any atom is 0.128 e. The Morgan fingerprint density at radius 3 is 2.81 bits per heavy atom. The van der Waals surface area contributed by atoms with Gasteiger partial charge in [0.25, 0.3) is 0 Å². The lowest BCUT2D eigenvalue weighted by atomic mass is 9.99. The Bertz CT molecular complexity index is 463. The summed E-state index contributed by atoms with van der Waals surface area (Å²) in [5, 5.41) is 0. The van der Waals surface area contributed by atoms with Crippen molar-refractivity contribution in [2.45, 2.75) is 38.8 Å². The van der Waals surface area contributed by atoms with Gasteiger partial charge < -0.3 is 10.6 Å². The second-order valence-electron chi connectivity index (χ2n) is 6.19. The van der Waals surface area contributed by atoms with Gasteiger partial charge in [0, 0.05) is 31.2 Å². The van der Waals surface area contributed by atoms with Crippen LogP contribution in [-0.4, -0.2) is 49.1 Å². The summed E-state index contributed by atoms with van der Waals surface area (Å²) >= 11 is 0. The lowest BCUT2D eigenvalue weighted by Gasteiger charge is -2.37. The molecule has 1 saturated heterocycles. The molecule has 2 atom stereocenters. The molecule has 21 heavy (non-hydrogen) atoms. The lowest BCUT2D eigenvalue weighted by molar-refractivity contribution is 0.129. The van der Waals surface area contributed by atoms with Crippen molar-refractivity contribution in [1.82, 2.24) is 9.80 Å². The van der Waals surface area contributed by atoms with Crippen LogP contribution in [0.3, 0.4) is 0 Å². The van der Waals surface area contributed by atoms with Crippen LogP contribution in [0.1, 0.15) is 36.9 Å². The minimum absolute atomic E-state index is 0.0265. The molecule has 2 unspecified atom stereocenters. The van der Waals surface area contributed by atoms with Crippen molar-refractivity contribution in [3.63, 3.8) is 0 Å². The summed E-state index contributed by atoms with van der Waals surface area (Å²) < 4.78 is 14.3. The third-order valence-corrected chi connectivity index (χ3v) is 4.55. The Hall–Kier alpha value is -0.970. The van der Waals surface area contributed by atoms with Gasteiger partial charge in [-0.05, 0) is 39.4 Å². The molecule has 4 heteroatoms. The average molecular weight is 293 g/mol. The Morgan fingerprint density at radius 1 is 1.38 bits per heavy atom. The van der Waals surface area contributed by atoms with E-state index in [0.717, 1.165) is 43.6 Å². The predicted octanol–water partition coefficient (Wildman–Crippen LogP) is 2.55. The summed E-state index contributed by atoms with van der Waals surface area (Å²) in [6, 6.07) is 5.75. The summed E-state index contributed by atoms with van der Waals surface area (Å²) in [6.45, 7) is 7.78. The molecule has 0 spiro atoms. The molecule has 1 aliphatic heterocycles. The van der Waals surface area contributed by atoms with Gasteiger partial charge in [0.05, 0.1) is 6.04 Å². The minimum Gasteiger partial charge on any atom is -0.329 e. The number of halogens is 1. The number of nitrogens with zero attached hydrogens (tertiary/aromatic N) is 2. The van der Waals surface area contributed by atoms with E-state index in [0.29, 0.717) is 12.6 Å². The van der Waals surface area contributed by atoms with Crippen LogP contribution in [-0.2, 0) is 0 Å². The molecule has 0 amide bonds. The van der Waals surface area contributed by atoms with E-state index in [2.05, 4.69) is 23.8 Å². The molecule has 1 fully saturated rings. The first-order valence-electron chi connectivity index (χ1n) is 7.97. The van der Waals surface area contributed by atoms with Crippen molar-refractivity contribution >= 4 is 0 Å². The Balaban J connectivity index is 2.31. The van der Waals surface area contributed by atoms with Gasteiger partial charge in [-0.25, -0.2) is 4.39 Å². The molecule has 1 heterocycles. The van der Waals surface area contributed by atoms with Gasteiger partial charge in [-0.15, -0.1) is 0 Å². The highest BCUT2D eigenvalue weighted by Gasteiger charge is 2.29. The van der Waals surface area contributed by atoms with E-state index in [4.69, 9.17) is 5.73 Å². The number of hydrogen-bond donors (Lipinski definition) is 1. The maximum atomic E-state index is 14.3. The van der Waals surface area contributed by atoms with Gasteiger partial charge in [-0.1, -0.05) is 24.6 Å². The molecule has 0 aliphatic carbocycles. The van der Waals surface area contributed by atoms with Gasteiger partial charge in [0.2, 0.25) is 0 Å². The van der Waals surface area contributed by atoms with E-state index in [9.17, 15) is 4.39 Å². The van der Waals surface area contributed by atoms with E-state index in [-0.39, 0.29) is 11.9 Å². The van der Waals surface area contributed by atoms with Crippen molar-refractivity contribution in [3.05, 3.63) is 35.1 Å². The Labute approximate surface area is 127 Å². The number of benzene rings is 1. The van der Waals surface area contributed by atoms with E-state index in [1.54, 1.807) is 6.07 Å². The van der Waals surface area contributed by atoms with Crippen LogP contribution in [0.15, 0.2) is 18.2 Å². The second-order valence-corrected chi connectivity index (χ2v) is 6.19. The molecular formula is C17H28FN3. The first kappa shape index (κ1) is 16.4. The first-order chi connectivity index (χ1) is 10.1. The number of rotatable bonds is 4. The average Bonchev–Trinajstić information content (AvgIpc) is 2.65. The monoisotopic (exact) mass is 293 g/mol. The maximum absolute atomic E-state index is 14.3. The molecule has 1 aliphatic rings. The van der Waals surface area contributed by atoms with Crippen LogP contribution >= 0.6 is 0 Å². The Kier molecular flexibility index (Phi) is 5.73. The first-order valence-corrected chi connectivity index (χ1v) is 7.97. The Morgan fingerprint density at radius 2 is 2.14 bits per heavy atom. The zero-order valence-electron chi connectivity index (χ0n) is 13.5. The molecular weight excluding hydrogens is 265 g/mol. The molecule has 1 aromatic carbocycles. The molecule has 0 aromatic heterocycles. The fraction of sp³-hybridized carbons (Fsp3) is 0.647. The predicted molar refractivity (Wildman–Crippen MR) is 85.8 cm³/mol. The van der Waals surface area contributed by atoms with Gasteiger partial charge >= 0.3 is 0 Å². The van der Waals surface area contributed by atoms with E-state index in [1.165, 1.54) is 0 Å². The molecule has 2 N–H and O–H groups in total. The van der Waals surface area contributed by atoms with Crippen molar-refractivity contribution in [3.8, 4) is 0 Å². The number of hydrogen-bond acceptors (Lipinski definition) is 3. The van der Waals surface area contributed by atoms with Crippen molar-refractivity contribution in [1.29, 1.82) is 0 Å². The van der Waals surface area contributed by atoms with E-state index >= 15 is 0 Å². The summed E-state index contributed by atoms with van der Waals surface area (Å²) in [5.74, 6) is -0.136. The fourth-order valence-corrected chi connectivity index (χ4v) is 3.40. The highest BCUT2D eigenvalue weighted by molar-refractivity contribution is 5.27. The third-order valence-electron chi connectivity index (χ3n) is 4.55. The lowest BCUT2D eigenvalue weighted by Crippen LogP contribution is -2.44. The van der Waals surface area contributed by atoms with Crippen molar-refractivity contribution < 1.29 is 4.39 Å². The molecule has 0 bridgehead atoms.